The van der Waals surface area contributed by atoms with Gasteiger partial charge in [0.1, 0.15) is 0 Å². The van der Waals surface area contributed by atoms with Crippen LogP contribution in [0, 0.1) is 5.92 Å². The van der Waals surface area contributed by atoms with Crippen molar-refractivity contribution in [1.29, 1.82) is 0 Å². The SMILES string of the molecule is C=CCC(N=CC(C)=CN)C1C=C(Br)C=CC1. The zero-order valence-corrected chi connectivity index (χ0v) is 11.7. The van der Waals surface area contributed by atoms with E-state index in [2.05, 4.69) is 45.7 Å². The maximum atomic E-state index is 5.43. The highest BCUT2D eigenvalue weighted by molar-refractivity contribution is 9.11. The van der Waals surface area contributed by atoms with Crippen molar-refractivity contribution in [1.82, 2.24) is 0 Å². The molecule has 0 saturated carbocycles. The van der Waals surface area contributed by atoms with E-state index < -0.39 is 0 Å². The smallest absolute Gasteiger partial charge is 0.0599 e. The minimum absolute atomic E-state index is 0.236. The lowest BCUT2D eigenvalue weighted by molar-refractivity contribution is 0.510. The molecule has 0 aliphatic heterocycles. The highest BCUT2D eigenvalue weighted by Gasteiger charge is 2.18. The Labute approximate surface area is 112 Å². The highest BCUT2D eigenvalue weighted by Crippen LogP contribution is 2.26. The van der Waals surface area contributed by atoms with Crippen molar-refractivity contribution in [2.45, 2.75) is 25.8 Å². The Morgan fingerprint density at radius 2 is 2.53 bits per heavy atom. The monoisotopic (exact) mass is 294 g/mol. The van der Waals surface area contributed by atoms with Gasteiger partial charge in [-0.2, -0.15) is 0 Å². The van der Waals surface area contributed by atoms with E-state index in [-0.39, 0.29) is 6.04 Å². The third-order valence-corrected chi connectivity index (χ3v) is 3.22. The number of nitrogens with zero attached hydrogens (tertiary/aromatic N) is 1. The fourth-order valence-corrected chi connectivity index (χ4v) is 2.23. The van der Waals surface area contributed by atoms with Crippen molar-refractivity contribution in [2.24, 2.45) is 16.6 Å². The Balaban J connectivity index is 2.75. The number of hydrogen-bond acceptors (Lipinski definition) is 2. The predicted octanol–water partition coefficient (Wildman–Crippen LogP) is 3.72. The van der Waals surface area contributed by atoms with Crippen LogP contribution in [0.5, 0.6) is 0 Å². The summed E-state index contributed by atoms with van der Waals surface area (Å²) in [7, 11) is 0. The third kappa shape index (κ3) is 4.73. The second-order valence-electron chi connectivity index (χ2n) is 4.13. The van der Waals surface area contributed by atoms with E-state index in [1.165, 1.54) is 0 Å². The Bertz CT molecular complexity index is 378. The van der Waals surface area contributed by atoms with E-state index in [1.807, 2.05) is 19.2 Å². The van der Waals surface area contributed by atoms with E-state index in [0.29, 0.717) is 5.92 Å². The first-order valence-corrected chi connectivity index (χ1v) is 6.53. The number of aliphatic imine (C=N–C) groups is 1. The molecule has 2 nitrogen and oxygen atoms in total. The van der Waals surface area contributed by atoms with E-state index >= 15 is 0 Å². The van der Waals surface area contributed by atoms with Crippen LogP contribution in [0.15, 0.2) is 52.1 Å². The van der Waals surface area contributed by atoms with Gasteiger partial charge in [0.15, 0.2) is 0 Å². The van der Waals surface area contributed by atoms with Gasteiger partial charge in [-0.05, 0) is 31.5 Å². The molecular weight excluding hydrogens is 276 g/mol. The van der Waals surface area contributed by atoms with Crippen LogP contribution in [0.25, 0.3) is 0 Å². The summed E-state index contributed by atoms with van der Waals surface area (Å²) in [5.41, 5.74) is 6.41. The third-order valence-electron chi connectivity index (χ3n) is 2.69. The molecule has 0 aromatic rings. The minimum Gasteiger partial charge on any atom is -0.404 e. The van der Waals surface area contributed by atoms with Crippen LogP contribution >= 0.6 is 15.9 Å². The Morgan fingerprint density at radius 3 is 3.12 bits per heavy atom. The van der Waals surface area contributed by atoms with Crippen LogP contribution in [0.3, 0.4) is 0 Å². The number of halogens is 1. The van der Waals surface area contributed by atoms with Crippen molar-refractivity contribution in [3.8, 4) is 0 Å². The Kier molecular flexibility index (Phi) is 5.98. The highest BCUT2D eigenvalue weighted by atomic mass is 79.9. The van der Waals surface area contributed by atoms with Crippen LogP contribution in [-0.4, -0.2) is 12.3 Å². The number of nitrogens with two attached hydrogens (primary N) is 1. The molecule has 3 heteroatoms. The second-order valence-corrected chi connectivity index (χ2v) is 5.05. The van der Waals surface area contributed by atoms with Crippen LogP contribution in [0.4, 0.5) is 0 Å². The maximum Gasteiger partial charge on any atom is 0.0599 e. The molecule has 0 amide bonds. The van der Waals surface area contributed by atoms with Gasteiger partial charge in [-0.1, -0.05) is 40.2 Å². The van der Waals surface area contributed by atoms with Crippen LogP contribution < -0.4 is 5.73 Å². The largest absolute Gasteiger partial charge is 0.404 e. The topological polar surface area (TPSA) is 38.4 Å². The molecule has 0 bridgehead atoms. The average Bonchev–Trinajstić information content (AvgIpc) is 2.34. The number of allylic oxidation sites excluding steroid dienone is 4. The molecule has 0 fully saturated rings. The molecule has 0 saturated heterocycles. The van der Waals surface area contributed by atoms with Gasteiger partial charge in [0.2, 0.25) is 0 Å². The predicted molar refractivity (Wildman–Crippen MR) is 79.3 cm³/mol. The maximum absolute atomic E-state index is 5.43. The average molecular weight is 295 g/mol. The lowest BCUT2D eigenvalue weighted by atomic mass is 9.91. The summed E-state index contributed by atoms with van der Waals surface area (Å²) in [6, 6.07) is 0.236. The fraction of sp³-hybridized carbons (Fsp3) is 0.357. The summed E-state index contributed by atoms with van der Waals surface area (Å²) in [4.78, 5) is 4.60. The van der Waals surface area contributed by atoms with Gasteiger partial charge in [0, 0.05) is 16.6 Å². The Morgan fingerprint density at radius 1 is 1.76 bits per heavy atom. The molecule has 0 aromatic carbocycles. The van der Waals surface area contributed by atoms with E-state index in [1.54, 1.807) is 6.20 Å². The summed E-state index contributed by atoms with van der Waals surface area (Å²) in [5, 5.41) is 0. The van der Waals surface area contributed by atoms with E-state index in [0.717, 1.165) is 22.9 Å². The molecule has 0 heterocycles. The van der Waals surface area contributed by atoms with Crippen molar-refractivity contribution >= 4 is 22.1 Å². The van der Waals surface area contributed by atoms with Gasteiger partial charge in [-0.25, -0.2) is 0 Å². The molecular formula is C14H19BrN2. The summed E-state index contributed by atoms with van der Waals surface area (Å²) in [5.74, 6) is 0.425. The molecule has 0 spiro atoms. The summed E-state index contributed by atoms with van der Waals surface area (Å²) in [6.45, 7) is 5.74. The van der Waals surface area contributed by atoms with Gasteiger partial charge < -0.3 is 5.73 Å². The zero-order valence-electron chi connectivity index (χ0n) is 10.1. The Hall–Kier alpha value is -1.09. The number of rotatable bonds is 5. The molecule has 2 atom stereocenters. The van der Waals surface area contributed by atoms with Crippen molar-refractivity contribution in [2.75, 3.05) is 0 Å². The van der Waals surface area contributed by atoms with Gasteiger partial charge in [0.25, 0.3) is 0 Å². The molecule has 1 aliphatic carbocycles. The lowest BCUT2D eigenvalue weighted by Gasteiger charge is -2.21. The van der Waals surface area contributed by atoms with Gasteiger partial charge in [-0.15, -0.1) is 6.58 Å². The van der Waals surface area contributed by atoms with Crippen LogP contribution in [0.2, 0.25) is 0 Å². The quantitative estimate of drug-likeness (QED) is 0.609. The lowest BCUT2D eigenvalue weighted by Crippen LogP contribution is -2.17. The summed E-state index contributed by atoms with van der Waals surface area (Å²) < 4.78 is 1.13. The molecule has 2 N–H and O–H groups in total. The van der Waals surface area contributed by atoms with Gasteiger partial charge >= 0.3 is 0 Å². The molecule has 0 radical (unpaired) electrons. The summed E-state index contributed by atoms with van der Waals surface area (Å²) >= 11 is 3.51. The number of hydrogen-bond donors (Lipinski definition) is 1. The molecule has 1 aliphatic rings. The van der Waals surface area contributed by atoms with E-state index in [4.69, 9.17) is 5.73 Å². The van der Waals surface area contributed by atoms with Crippen molar-refractivity contribution < 1.29 is 0 Å². The summed E-state index contributed by atoms with van der Waals surface area (Å²) in [6.07, 6.45) is 13.7. The molecule has 0 aromatic heterocycles. The van der Waals surface area contributed by atoms with Crippen molar-refractivity contribution in [3.05, 3.63) is 47.1 Å². The molecule has 17 heavy (non-hydrogen) atoms. The van der Waals surface area contributed by atoms with Gasteiger partial charge in [0.05, 0.1) is 6.04 Å². The minimum atomic E-state index is 0.236. The molecule has 92 valence electrons. The second kappa shape index (κ2) is 7.28. The van der Waals surface area contributed by atoms with E-state index in [9.17, 15) is 0 Å². The van der Waals surface area contributed by atoms with Gasteiger partial charge in [-0.3, -0.25) is 4.99 Å². The first kappa shape index (κ1) is 14.0. The first-order chi connectivity index (χ1) is 8.17. The van der Waals surface area contributed by atoms with Crippen LogP contribution in [0.1, 0.15) is 19.8 Å². The normalized spacial score (nSPS) is 22.6. The van der Waals surface area contributed by atoms with Crippen LogP contribution in [-0.2, 0) is 0 Å². The molecule has 1 rings (SSSR count). The van der Waals surface area contributed by atoms with Crippen molar-refractivity contribution in [3.63, 3.8) is 0 Å². The first-order valence-electron chi connectivity index (χ1n) is 5.73. The zero-order chi connectivity index (χ0) is 12.7. The fourth-order valence-electron chi connectivity index (χ4n) is 1.71. The molecule has 2 unspecified atom stereocenters. The standard InChI is InChI=1S/C14H19BrN2/c1-3-5-14(17-10-11(2)9-16)12-6-4-7-13(15)8-12/h3-4,7-10,12,14H,1,5-6,16H2,2H3.